The normalized spacial score (nSPS) is 13.8. The van der Waals surface area contributed by atoms with Crippen molar-refractivity contribution in [2.24, 2.45) is 0 Å². The molecule has 132 valence electrons. The minimum atomic E-state index is -0.190. The molecule has 6 heteroatoms. The molecule has 1 aliphatic heterocycles. The van der Waals surface area contributed by atoms with Crippen LogP contribution in [0.5, 0.6) is 0 Å². The molecule has 1 aromatic heterocycles. The number of hydrogen-bond donors (Lipinski definition) is 2. The van der Waals surface area contributed by atoms with Gasteiger partial charge in [-0.05, 0) is 12.1 Å². The van der Waals surface area contributed by atoms with Crippen molar-refractivity contribution in [2.45, 2.75) is 12.6 Å². The van der Waals surface area contributed by atoms with E-state index in [1.165, 1.54) is 0 Å². The van der Waals surface area contributed by atoms with Gasteiger partial charge < -0.3 is 15.4 Å². The maximum absolute atomic E-state index is 12.0. The number of carbonyl (C=O) groups excluding carboxylic acids is 1. The van der Waals surface area contributed by atoms with Gasteiger partial charge in [0.1, 0.15) is 0 Å². The Hall–Kier alpha value is -3.12. The smallest absolute Gasteiger partial charge is 0.315 e. The highest BCUT2D eigenvalue weighted by atomic mass is 16.5. The average molecular weight is 348 g/mol. The molecule has 0 radical (unpaired) electrons. The van der Waals surface area contributed by atoms with Gasteiger partial charge in [0.15, 0.2) is 0 Å². The van der Waals surface area contributed by atoms with Crippen LogP contribution in [0.3, 0.4) is 0 Å². The van der Waals surface area contributed by atoms with Crippen LogP contribution in [0.25, 0.3) is 16.9 Å². The highest BCUT2D eigenvalue weighted by Crippen LogP contribution is 2.23. The van der Waals surface area contributed by atoms with Crippen LogP contribution in [0.15, 0.2) is 66.9 Å². The lowest BCUT2D eigenvalue weighted by atomic mass is 10.1. The van der Waals surface area contributed by atoms with E-state index in [0.717, 1.165) is 22.5 Å². The molecule has 1 saturated heterocycles. The Morgan fingerprint density at radius 1 is 1.08 bits per heavy atom. The van der Waals surface area contributed by atoms with Gasteiger partial charge in [0, 0.05) is 23.9 Å². The quantitative estimate of drug-likeness (QED) is 0.745. The van der Waals surface area contributed by atoms with Gasteiger partial charge in [-0.3, -0.25) is 0 Å². The Balaban J connectivity index is 1.57. The number of carbonyl (C=O) groups is 1. The van der Waals surface area contributed by atoms with E-state index in [1.54, 1.807) is 0 Å². The largest absolute Gasteiger partial charge is 0.377 e. The Morgan fingerprint density at radius 3 is 2.42 bits per heavy atom. The summed E-state index contributed by atoms with van der Waals surface area (Å²) in [7, 11) is 0. The Kier molecular flexibility index (Phi) is 4.66. The van der Waals surface area contributed by atoms with Crippen molar-refractivity contribution in [3.8, 4) is 16.9 Å². The fraction of sp³-hybridized carbons (Fsp3) is 0.200. The van der Waals surface area contributed by atoms with Gasteiger partial charge >= 0.3 is 6.03 Å². The lowest BCUT2D eigenvalue weighted by Gasteiger charge is -2.26. The van der Waals surface area contributed by atoms with Gasteiger partial charge in [-0.1, -0.05) is 48.5 Å². The van der Waals surface area contributed by atoms with Crippen molar-refractivity contribution in [3.63, 3.8) is 0 Å². The van der Waals surface area contributed by atoms with E-state index in [0.29, 0.717) is 19.8 Å². The number of hydrogen-bond acceptors (Lipinski definition) is 3. The number of amides is 2. The van der Waals surface area contributed by atoms with Crippen LogP contribution in [0.4, 0.5) is 4.79 Å². The van der Waals surface area contributed by atoms with Gasteiger partial charge in [0.05, 0.1) is 30.6 Å². The monoisotopic (exact) mass is 348 g/mol. The zero-order valence-electron chi connectivity index (χ0n) is 14.3. The van der Waals surface area contributed by atoms with Crippen LogP contribution in [-0.4, -0.2) is 35.1 Å². The molecule has 2 aromatic carbocycles. The summed E-state index contributed by atoms with van der Waals surface area (Å²) in [6.07, 6.45) is 1.96. The highest BCUT2D eigenvalue weighted by Gasteiger charge is 2.20. The van der Waals surface area contributed by atoms with Gasteiger partial charge in [0.25, 0.3) is 0 Å². The maximum atomic E-state index is 12.0. The van der Waals surface area contributed by atoms with Gasteiger partial charge in [-0.15, -0.1) is 0 Å². The number of benzene rings is 2. The van der Waals surface area contributed by atoms with Crippen molar-refractivity contribution in [3.05, 3.63) is 72.4 Å². The van der Waals surface area contributed by atoms with Crippen LogP contribution in [0.2, 0.25) is 0 Å². The second-order valence-electron chi connectivity index (χ2n) is 6.21. The molecule has 0 bridgehead atoms. The van der Waals surface area contributed by atoms with E-state index < -0.39 is 0 Å². The molecule has 0 atom stereocenters. The van der Waals surface area contributed by atoms with Gasteiger partial charge in [-0.2, -0.15) is 5.10 Å². The van der Waals surface area contributed by atoms with E-state index in [1.807, 2.05) is 71.5 Å². The standard InChI is InChI=1S/C20H20N4O2/c25-20(22-17-13-26-14-17)21-11-16-12-24(18-9-5-2-6-10-18)23-19(16)15-7-3-1-4-8-15/h1-10,12,17H,11,13-14H2,(H2,21,22,25). The third-order valence-electron chi connectivity index (χ3n) is 4.27. The van der Waals surface area contributed by atoms with Crippen molar-refractivity contribution in [1.82, 2.24) is 20.4 Å². The summed E-state index contributed by atoms with van der Waals surface area (Å²) in [6, 6.07) is 19.8. The minimum absolute atomic E-state index is 0.107. The van der Waals surface area contributed by atoms with Crippen LogP contribution in [0, 0.1) is 0 Å². The summed E-state index contributed by atoms with van der Waals surface area (Å²) in [5.41, 5.74) is 3.82. The predicted molar refractivity (Wildman–Crippen MR) is 99.0 cm³/mol. The first-order valence-corrected chi connectivity index (χ1v) is 8.61. The Bertz CT molecular complexity index is 873. The zero-order chi connectivity index (χ0) is 17.8. The molecule has 1 aliphatic rings. The Morgan fingerprint density at radius 2 is 1.77 bits per heavy atom. The average Bonchev–Trinajstić information content (AvgIpc) is 3.09. The summed E-state index contributed by atoms with van der Waals surface area (Å²) in [5, 5.41) is 10.5. The highest BCUT2D eigenvalue weighted by molar-refractivity contribution is 5.75. The molecule has 2 N–H and O–H groups in total. The fourth-order valence-corrected chi connectivity index (χ4v) is 2.82. The van der Waals surface area contributed by atoms with E-state index in [9.17, 15) is 4.79 Å². The van der Waals surface area contributed by atoms with Crippen LogP contribution >= 0.6 is 0 Å². The first-order valence-electron chi connectivity index (χ1n) is 8.61. The number of rotatable bonds is 5. The van der Waals surface area contributed by atoms with Crippen molar-refractivity contribution >= 4 is 6.03 Å². The number of ether oxygens (including phenoxy) is 1. The molecule has 2 heterocycles. The summed E-state index contributed by atoms with van der Waals surface area (Å²) in [5.74, 6) is 0. The summed E-state index contributed by atoms with van der Waals surface area (Å²) in [6.45, 7) is 1.56. The van der Waals surface area contributed by atoms with Gasteiger partial charge in [-0.25, -0.2) is 9.48 Å². The second-order valence-corrected chi connectivity index (χ2v) is 6.21. The van der Waals surface area contributed by atoms with E-state index in [-0.39, 0.29) is 12.1 Å². The fourth-order valence-electron chi connectivity index (χ4n) is 2.82. The number of urea groups is 1. The third-order valence-corrected chi connectivity index (χ3v) is 4.27. The summed E-state index contributed by atoms with van der Waals surface area (Å²) >= 11 is 0. The summed E-state index contributed by atoms with van der Waals surface area (Å²) < 4.78 is 6.92. The predicted octanol–water partition coefficient (Wildman–Crippen LogP) is 2.74. The third kappa shape index (κ3) is 3.60. The summed E-state index contributed by atoms with van der Waals surface area (Å²) in [4.78, 5) is 12.0. The molecule has 3 aromatic rings. The van der Waals surface area contributed by atoms with Crippen molar-refractivity contribution in [1.29, 1.82) is 0 Å². The lowest BCUT2D eigenvalue weighted by Crippen LogP contribution is -2.51. The molecule has 0 aliphatic carbocycles. The Labute approximate surface area is 151 Å². The van der Waals surface area contributed by atoms with Crippen molar-refractivity contribution in [2.75, 3.05) is 13.2 Å². The lowest BCUT2D eigenvalue weighted by molar-refractivity contribution is -0.0000132. The van der Waals surface area contributed by atoms with E-state index >= 15 is 0 Å². The number of aromatic nitrogens is 2. The number of para-hydroxylation sites is 1. The van der Waals surface area contributed by atoms with Crippen molar-refractivity contribution < 1.29 is 9.53 Å². The van der Waals surface area contributed by atoms with E-state index in [4.69, 9.17) is 9.84 Å². The molecule has 0 saturated carbocycles. The minimum Gasteiger partial charge on any atom is -0.377 e. The molecule has 0 unspecified atom stereocenters. The first-order chi connectivity index (χ1) is 12.8. The van der Waals surface area contributed by atoms with Crippen LogP contribution in [0.1, 0.15) is 5.56 Å². The van der Waals surface area contributed by atoms with Crippen LogP contribution < -0.4 is 10.6 Å². The molecular formula is C20H20N4O2. The molecule has 4 rings (SSSR count). The first kappa shape index (κ1) is 16.4. The van der Waals surface area contributed by atoms with Crippen LogP contribution in [-0.2, 0) is 11.3 Å². The second kappa shape index (κ2) is 7.41. The molecule has 6 nitrogen and oxygen atoms in total. The molecule has 0 spiro atoms. The SMILES string of the molecule is O=C(NCc1cn(-c2ccccc2)nc1-c1ccccc1)NC1COC1. The molecule has 26 heavy (non-hydrogen) atoms. The number of nitrogens with one attached hydrogen (secondary N) is 2. The molecule has 1 fully saturated rings. The molecular weight excluding hydrogens is 328 g/mol. The number of nitrogens with zero attached hydrogens (tertiary/aromatic N) is 2. The topological polar surface area (TPSA) is 68.2 Å². The molecule has 2 amide bonds. The zero-order valence-corrected chi connectivity index (χ0v) is 14.3. The van der Waals surface area contributed by atoms with Gasteiger partial charge in [0.2, 0.25) is 0 Å². The van der Waals surface area contributed by atoms with E-state index in [2.05, 4.69) is 10.6 Å². The maximum Gasteiger partial charge on any atom is 0.315 e.